The number of nitrogens with zero attached hydrogens (tertiary/aromatic N) is 1. The van der Waals surface area contributed by atoms with Crippen molar-refractivity contribution < 1.29 is 9.50 Å². The van der Waals surface area contributed by atoms with E-state index in [0.29, 0.717) is 18.7 Å². The maximum atomic E-state index is 14.4. The Morgan fingerprint density at radius 1 is 1.38 bits per heavy atom. The largest absolute Gasteiger partial charge is 0.390 e. The minimum atomic E-state index is -0.620. The number of nitrogens with one attached hydrogen (secondary N) is 1. The molecule has 1 aromatic carbocycles. The highest BCUT2D eigenvalue weighted by molar-refractivity contribution is 5.49. The van der Waals surface area contributed by atoms with Gasteiger partial charge in [0.25, 0.3) is 0 Å². The van der Waals surface area contributed by atoms with Crippen LogP contribution < -0.4 is 10.2 Å². The average molecular weight is 294 g/mol. The van der Waals surface area contributed by atoms with Gasteiger partial charge < -0.3 is 15.3 Å². The zero-order valence-electron chi connectivity index (χ0n) is 13.3. The summed E-state index contributed by atoms with van der Waals surface area (Å²) in [5.41, 5.74) is 1.00. The Morgan fingerprint density at radius 2 is 2.14 bits per heavy atom. The van der Waals surface area contributed by atoms with Crippen LogP contribution in [0.1, 0.15) is 51.6 Å². The Labute approximate surface area is 127 Å². The molecule has 1 saturated heterocycles. The molecule has 0 spiro atoms. The molecule has 1 aromatic rings. The molecule has 0 radical (unpaired) electrons. The average Bonchev–Trinajstić information content (AvgIpc) is 2.60. The third-order valence-corrected chi connectivity index (χ3v) is 4.39. The highest BCUT2D eigenvalue weighted by Gasteiger charge is 2.26. The van der Waals surface area contributed by atoms with Gasteiger partial charge in [0.2, 0.25) is 0 Å². The number of aliphatic hydroxyl groups is 1. The van der Waals surface area contributed by atoms with Crippen LogP contribution in [0.15, 0.2) is 18.2 Å². The van der Waals surface area contributed by atoms with Crippen LogP contribution in [0.2, 0.25) is 0 Å². The molecule has 1 fully saturated rings. The maximum absolute atomic E-state index is 14.4. The molecule has 118 valence electrons. The number of anilines is 1. The summed E-state index contributed by atoms with van der Waals surface area (Å²) < 4.78 is 14.4. The van der Waals surface area contributed by atoms with Gasteiger partial charge in [-0.2, -0.15) is 0 Å². The lowest BCUT2D eigenvalue weighted by Crippen LogP contribution is -2.29. The second kappa shape index (κ2) is 6.75. The zero-order valence-corrected chi connectivity index (χ0v) is 13.3. The Hall–Kier alpha value is -1.13. The van der Waals surface area contributed by atoms with Gasteiger partial charge in [-0.3, -0.25) is 0 Å². The quantitative estimate of drug-likeness (QED) is 0.895. The molecule has 0 aliphatic carbocycles. The van der Waals surface area contributed by atoms with Crippen LogP contribution >= 0.6 is 0 Å². The Balaban J connectivity index is 2.13. The van der Waals surface area contributed by atoms with Gasteiger partial charge in [0.05, 0.1) is 11.3 Å². The van der Waals surface area contributed by atoms with Crippen LogP contribution in [0.4, 0.5) is 10.1 Å². The molecular formula is C17H27FN2O. The van der Waals surface area contributed by atoms with E-state index in [0.717, 1.165) is 31.5 Å². The van der Waals surface area contributed by atoms with Crippen molar-refractivity contribution in [1.82, 2.24) is 5.32 Å². The van der Waals surface area contributed by atoms with E-state index in [1.165, 1.54) is 0 Å². The van der Waals surface area contributed by atoms with Crippen LogP contribution in [0.3, 0.4) is 0 Å². The van der Waals surface area contributed by atoms with Gasteiger partial charge in [0.1, 0.15) is 5.82 Å². The smallest absolute Gasteiger partial charge is 0.146 e. The van der Waals surface area contributed by atoms with Crippen molar-refractivity contribution >= 4 is 5.69 Å². The van der Waals surface area contributed by atoms with E-state index in [9.17, 15) is 9.50 Å². The van der Waals surface area contributed by atoms with E-state index in [4.69, 9.17) is 0 Å². The molecule has 0 saturated carbocycles. The third-order valence-electron chi connectivity index (χ3n) is 4.39. The van der Waals surface area contributed by atoms with Gasteiger partial charge in [-0.1, -0.05) is 13.0 Å². The van der Waals surface area contributed by atoms with Crippen molar-refractivity contribution in [2.75, 3.05) is 24.5 Å². The van der Waals surface area contributed by atoms with Gasteiger partial charge in [-0.05, 0) is 57.4 Å². The molecule has 2 rings (SSSR count). The number of halogens is 1. The first-order chi connectivity index (χ1) is 9.93. The van der Waals surface area contributed by atoms with Crippen LogP contribution in [-0.4, -0.2) is 30.3 Å². The predicted molar refractivity (Wildman–Crippen MR) is 85.2 cm³/mol. The first-order valence-corrected chi connectivity index (χ1v) is 7.93. The van der Waals surface area contributed by atoms with Crippen molar-refractivity contribution in [3.63, 3.8) is 0 Å². The van der Waals surface area contributed by atoms with E-state index in [1.54, 1.807) is 6.07 Å². The lowest BCUT2D eigenvalue weighted by atomic mass is 9.98. The standard InChI is InChI=1S/C17H27FN2O/c1-4-19-13(2)14-6-7-16(15(18)12-14)20-10-5-8-17(3,21)9-11-20/h6-7,12-13,19,21H,4-5,8-11H2,1-3H3. The summed E-state index contributed by atoms with van der Waals surface area (Å²) in [6.07, 6.45) is 2.35. The first kappa shape index (κ1) is 16.2. The zero-order chi connectivity index (χ0) is 15.5. The Morgan fingerprint density at radius 3 is 2.81 bits per heavy atom. The number of hydrogen-bond donors (Lipinski definition) is 2. The molecule has 0 bridgehead atoms. The van der Waals surface area contributed by atoms with Crippen LogP contribution in [0.5, 0.6) is 0 Å². The number of rotatable bonds is 4. The topological polar surface area (TPSA) is 35.5 Å². The first-order valence-electron chi connectivity index (χ1n) is 7.93. The Bertz CT molecular complexity index is 476. The van der Waals surface area contributed by atoms with Crippen LogP contribution in [-0.2, 0) is 0 Å². The molecule has 21 heavy (non-hydrogen) atoms. The summed E-state index contributed by atoms with van der Waals surface area (Å²) in [6, 6.07) is 5.65. The molecule has 2 N–H and O–H groups in total. The maximum Gasteiger partial charge on any atom is 0.146 e. The fraction of sp³-hybridized carbons (Fsp3) is 0.647. The summed E-state index contributed by atoms with van der Waals surface area (Å²) in [6.45, 7) is 8.33. The third kappa shape index (κ3) is 4.17. The Kier molecular flexibility index (Phi) is 5.22. The number of benzene rings is 1. The fourth-order valence-electron chi connectivity index (χ4n) is 2.98. The molecule has 1 heterocycles. The molecule has 4 heteroatoms. The summed E-state index contributed by atoms with van der Waals surface area (Å²) in [4.78, 5) is 2.05. The molecule has 0 aromatic heterocycles. The molecule has 1 aliphatic rings. The minimum Gasteiger partial charge on any atom is -0.390 e. The van der Waals surface area contributed by atoms with Crippen molar-refractivity contribution in [2.45, 2.75) is 51.7 Å². The van der Waals surface area contributed by atoms with Crippen molar-refractivity contribution in [3.05, 3.63) is 29.6 Å². The van der Waals surface area contributed by atoms with Gasteiger partial charge in [0, 0.05) is 19.1 Å². The molecule has 2 atom stereocenters. The van der Waals surface area contributed by atoms with Crippen molar-refractivity contribution in [2.24, 2.45) is 0 Å². The van der Waals surface area contributed by atoms with E-state index >= 15 is 0 Å². The van der Waals surface area contributed by atoms with E-state index < -0.39 is 5.60 Å². The van der Waals surface area contributed by atoms with Crippen LogP contribution in [0, 0.1) is 5.82 Å². The van der Waals surface area contributed by atoms with Crippen molar-refractivity contribution in [1.29, 1.82) is 0 Å². The fourth-order valence-corrected chi connectivity index (χ4v) is 2.98. The van der Waals surface area contributed by atoms with Gasteiger partial charge >= 0.3 is 0 Å². The molecule has 1 aliphatic heterocycles. The minimum absolute atomic E-state index is 0.156. The van der Waals surface area contributed by atoms with Crippen molar-refractivity contribution in [3.8, 4) is 0 Å². The molecule has 0 amide bonds. The SMILES string of the molecule is CCNC(C)c1ccc(N2CCCC(C)(O)CC2)c(F)c1. The highest BCUT2D eigenvalue weighted by Crippen LogP contribution is 2.28. The van der Waals surface area contributed by atoms with Gasteiger partial charge in [-0.25, -0.2) is 4.39 Å². The van der Waals surface area contributed by atoms with Crippen LogP contribution in [0.25, 0.3) is 0 Å². The lowest BCUT2D eigenvalue weighted by molar-refractivity contribution is 0.0481. The summed E-state index contributed by atoms with van der Waals surface area (Å²) in [7, 11) is 0. The molecular weight excluding hydrogens is 267 g/mol. The van der Waals surface area contributed by atoms with E-state index in [1.807, 2.05) is 32.9 Å². The second-order valence-corrected chi connectivity index (χ2v) is 6.33. The van der Waals surface area contributed by atoms with E-state index in [2.05, 4.69) is 10.2 Å². The second-order valence-electron chi connectivity index (χ2n) is 6.33. The normalized spacial score (nSPS) is 24.7. The predicted octanol–water partition coefficient (Wildman–Crippen LogP) is 3.24. The van der Waals surface area contributed by atoms with E-state index in [-0.39, 0.29) is 11.9 Å². The molecule has 2 unspecified atom stereocenters. The van der Waals surface area contributed by atoms with Gasteiger partial charge in [0.15, 0.2) is 0 Å². The summed E-state index contributed by atoms with van der Waals surface area (Å²) in [5.74, 6) is -0.168. The summed E-state index contributed by atoms with van der Waals surface area (Å²) in [5, 5.41) is 13.4. The number of hydrogen-bond acceptors (Lipinski definition) is 3. The highest BCUT2D eigenvalue weighted by atomic mass is 19.1. The molecule has 3 nitrogen and oxygen atoms in total. The monoisotopic (exact) mass is 294 g/mol. The summed E-state index contributed by atoms with van der Waals surface area (Å²) >= 11 is 0. The van der Waals surface area contributed by atoms with Gasteiger partial charge in [-0.15, -0.1) is 0 Å². The lowest BCUT2D eigenvalue weighted by Gasteiger charge is -2.25.